The molecule has 1 aromatic heterocycles. The molecule has 0 aliphatic heterocycles. The fourth-order valence-electron chi connectivity index (χ4n) is 5.92. The van der Waals surface area contributed by atoms with E-state index in [1.807, 2.05) is 12.1 Å². The van der Waals surface area contributed by atoms with Crippen LogP contribution in [0.3, 0.4) is 0 Å². The summed E-state index contributed by atoms with van der Waals surface area (Å²) in [6.45, 7) is 0. The molecule has 0 N–H and O–H groups in total. The van der Waals surface area contributed by atoms with E-state index in [1.165, 1.54) is 37.7 Å². The van der Waals surface area contributed by atoms with Gasteiger partial charge in [0, 0.05) is 27.8 Å². The summed E-state index contributed by atoms with van der Waals surface area (Å²) >= 11 is 0. The lowest BCUT2D eigenvalue weighted by Gasteiger charge is -2.25. The summed E-state index contributed by atoms with van der Waals surface area (Å²) in [5, 5.41) is 9.83. The first kappa shape index (κ1) is 21.0. The molecule has 38 heavy (non-hydrogen) atoms. The van der Waals surface area contributed by atoms with Crippen LogP contribution in [-0.2, 0) is 0 Å². The van der Waals surface area contributed by atoms with Crippen LogP contribution in [0.4, 0.5) is 17.1 Å². The summed E-state index contributed by atoms with van der Waals surface area (Å²) in [6, 6.07) is 49.6. The molecule has 0 fully saturated rings. The molecular formula is C36H23NO. The van der Waals surface area contributed by atoms with Crippen molar-refractivity contribution in [2.45, 2.75) is 0 Å². The second kappa shape index (κ2) is 8.22. The van der Waals surface area contributed by atoms with Crippen LogP contribution in [0.15, 0.2) is 144 Å². The van der Waals surface area contributed by atoms with Crippen molar-refractivity contribution in [3.63, 3.8) is 0 Å². The lowest BCUT2D eigenvalue weighted by molar-refractivity contribution is 0.669. The number of furan rings is 1. The number of anilines is 3. The van der Waals surface area contributed by atoms with Crippen LogP contribution in [0.25, 0.3) is 54.3 Å². The lowest BCUT2D eigenvalue weighted by atomic mass is 9.94. The maximum absolute atomic E-state index is 6.18. The van der Waals surface area contributed by atoms with Crippen molar-refractivity contribution < 1.29 is 4.42 Å². The normalized spacial score (nSPS) is 11.7. The smallest absolute Gasteiger partial charge is 0.136 e. The summed E-state index contributed by atoms with van der Waals surface area (Å²) < 4.78 is 6.18. The number of hydrogen-bond donors (Lipinski definition) is 0. The Morgan fingerprint density at radius 3 is 1.76 bits per heavy atom. The molecule has 8 rings (SSSR count). The fourth-order valence-corrected chi connectivity index (χ4v) is 5.92. The minimum atomic E-state index is 0.930. The van der Waals surface area contributed by atoms with Crippen molar-refractivity contribution in [1.29, 1.82) is 0 Å². The second-order valence-electron chi connectivity index (χ2n) is 9.77. The number of benzene rings is 7. The standard InChI is InChI=1S/C36H23NO/c1-3-9-26(10-4-1)37(27-11-5-2-6-12-27)28-18-20-29-25(23-28)16-15-24-17-19-31-30(35(24)29)21-22-34-36(31)32-13-7-8-14-33(32)38-34/h1-23H. The van der Waals surface area contributed by atoms with Gasteiger partial charge in [-0.2, -0.15) is 0 Å². The van der Waals surface area contributed by atoms with E-state index in [4.69, 9.17) is 4.42 Å². The molecule has 1 heterocycles. The van der Waals surface area contributed by atoms with Crippen LogP contribution in [0.1, 0.15) is 0 Å². The summed E-state index contributed by atoms with van der Waals surface area (Å²) in [7, 11) is 0. The molecule has 2 nitrogen and oxygen atoms in total. The Morgan fingerprint density at radius 2 is 0.974 bits per heavy atom. The number of nitrogens with zero attached hydrogens (tertiary/aromatic N) is 1. The maximum atomic E-state index is 6.18. The van der Waals surface area contributed by atoms with Crippen molar-refractivity contribution in [2.24, 2.45) is 0 Å². The molecule has 7 aromatic carbocycles. The molecule has 0 aliphatic rings. The van der Waals surface area contributed by atoms with E-state index in [-0.39, 0.29) is 0 Å². The van der Waals surface area contributed by atoms with Gasteiger partial charge in [-0.3, -0.25) is 0 Å². The van der Waals surface area contributed by atoms with Gasteiger partial charge in [0.05, 0.1) is 0 Å². The molecule has 178 valence electrons. The summed E-state index contributed by atoms with van der Waals surface area (Å²) in [5.74, 6) is 0. The maximum Gasteiger partial charge on any atom is 0.136 e. The van der Waals surface area contributed by atoms with Gasteiger partial charge in [-0.1, -0.05) is 84.9 Å². The Balaban J connectivity index is 1.40. The highest BCUT2D eigenvalue weighted by Gasteiger charge is 2.15. The van der Waals surface area contributed by atoms with Gasteiger partial charge >= 0.3 is 0 Å². The average Bonchev–Trinajstić information content (AvgIpc) is 3.37. The average molecular weight is 486 g/mol. The summed E-state index contributed by atoms with van der Waals surface area (Å²) in [5.41, 5.74) is 5.27. The highest BCUT2D eigenvalue weighted by Crippen LogP contribution is 2.41. The molecule has 0 atom stereocenters. The molecule has 0 saturated carbocycles. The van der Waals surface area contributed by atoms with E-state index < -0.39 is 0 Å². The second-order valence-corrected chi connectivity index (χ2v) is 9.77. The number of para-hydroxylation sites is 3. The van der Waals surface area contributed by atoms with Crippen LogP contribution in [0.5, 0.6) is 0 Å². The zero-order valence-electron chi connectivity index (χ0n) is 20.6. The highest BCUT2D eigenvalue weighted by molar-refractivity contribution is 6.28. The molecule has 0 radical (unpaired) electrons. The molecule has 0 saturated heterocycles. The van der Waals surface area contributed by atoms with E-state index in [0.717, 1.165) is 33.6 Å². The van der Waals surface area contributed by atoms with Crippen LogP contribution >= 0.6 is 0 Å². The third kappa shape index (κ3) is 3.14. The van der Waals surface area contributed by atoms with E-state index in [9.17, 15) is 0 Å². The number of rotatable bonds is 3. The van der Waals surface area contributed by atoms with Crippen molar-refractivity contribution in [3.8, 4) is 0 Å². The predicted octanol–water partition coefficient (Wildman–Crippen LogP) is 10.5. The van der Waals surface area contributed by atoms with Crippen LogP contribution < -0.4 is 4.90 Å². The first-order chi connectivity index (χ1) is 18.8. The first-order valence-electron chi connectivity index (χ1n) is 12.9. The van der Waals surface area contributed by atoms with Gasteiger partial charge in [0.1, 0.15) is 11.2 Å². The first-order valence-corrected chi connectivity index (χ1v) is 12.9. The van der Waals surface area contributed by atoms with Crippen molar-refractivity contribution in [2.75, 3.05) is 4.90 Å². The third-order valence-electron chi connectivity index (χ3n) is 7.61. The molecule has 0 bridgehead atoms. The molecule has 2 heteroatoms. The summed E-state index contributed by atoms with van der Waals surface area (Å²) in [4.78, 5) is 2.31. The number of hydrogen-bond acceptors (Lipinski definition) is 2. The van der Waals surface area contributed by atoms with E-state index >= 15 is 0 Å². The van der Waals surface area contributed by atoms with Crippen molar-refractivity contribution in [1.82, 2.24) is 0 Å². The summed E-state index contributed by atoms with van der Waals surface area (Å²) in [6.07, 6.45) is 0. The Labute approximate surface area is 220 Å². The Hall–Kier alpha value is -5.08. The van der Waals surface area contributed by atoms with Gasteiger partial charge in [0.15, 0.2) is 0 Å². The van der Waals surface area contributed by atoms with Crippen molar-refractivity contribution >= 4 is 71.3 Å². The van der Waals surface area contributed by atoms with Crippen LogP contribution in [-0.4, -0.2) is 0 Å². The Kier molecular flexibility index (Phi) is 4.55. The lowest BCUT2D eigenvalue weighted by Crippen LogP contribution is -2.09. The van der Waals surface area contributed by atoms with Gasteiger partial charge in [-0.05, 0) is 86.9 Å². The fraction of sp³-hybridized carbons (Fsp3) is 0. The molecule has 8 aromatic rings. The van der Waals surface area contributed by atoms with Crippen LogP contribution in [0.2, 0.25) is 0 Å². The van der Waals surface area contributed by atoms with Gasteiger partial charge < -0.3 is 9.32 Å². The largest absolute Gasteiger partial charge is 0.456 e. The number of fused-ring (bicyclic) bond motifs is 9. The van der Waals surface area contributed by atoms with Gasteiger partial charge in [-0.25, -0.2) is 0 Å². The Bertz CT molecular complexity index is 2090. The molecule has 0 aliphatic carbocycles. The zero-order valence-corrected chi connectivity index (χ0v) is 20.6. The van der Waals surface area contributed by atoms with Gasteiger partial charge in [0.25, 0.3) is 0 Å². The highest BCUT2D eigenvalue weighted by atomic mass is 16.3. The topological polar surface area (TPSA) is 16.4 Å². The quantitative estimate of drug-likeness (QED) is 0.231. The minimum Gasteiger partial charge on any atom is -0.456 e. The van der Waals surface area contributed by atoms with E-state index in [0.29, 0.717) is 0 Å². The molecule has 0 spiro atoms. The molecule has 0 unspecified atom stereocenters. The monoisotopic (exact) mass is 485 g/mol. The predicted molar refractivity (Wildman–Crippen MR) is 161 cm³/mol. The van der Waals surface area contributed by atoms with E-state index in [2.05, 4.69) is 132 Å². The van der Waals surface area contributed by atoms with Crippen LogP contribution in [0, 0.1) is 0 Å². The van der Waals surface area contributed by atoms with Gasteiger partial charge in [-0.15, -0.1) is 0 Å². The SMILES string of the molecule is c1ccc(N(c2ccccc2)c2ccc3c(ccc4ccc5c(ccc6oc7ccccc7c65)c43)c2)cc1. The zero-order chi connectivity index (χ0) is 25.1. The minimum absolute atomic E-state index is 0.930. The molecule has 0 amide bonds. The third-order valence-corrected chi connectivity index (χ3v) is 7.61. The Morgan fingerprint density at radius 1 is 0.368 bits per heavy atom. The van der Waals surface area contributed by atoms with E-state index in [1.54, 1.807) is 0 Å². The molecular weight excluding hydrogens is 462 g/mol. The van der Waals surface area contributed by atoms with Crippen molar-refractivity contribution in [3.05, 3.63) is 140 Å². The van der Waals surface area contributed by atoms with Gasteiger partial charge in [0.2, 0.25) is 0 Å².